The van der Waals surface area contributed by atoms with Gasteiger partial charge in [0.05, 0.1) is 5.69 Å². The van der Waals surface area contributed by atoms with Gasteiger partial charge in [-0.2, -0.15) is 26.3 Å². The second-order valence-corrected chi connectivity index (χ2v) is 8.12. The van der Waals surface area contributed by atoms with Crippen LogP contribution in [0.5, 0.6) is 0 Å². The number of anilines is 1. The summed E-state index contributed by atoms with van der Waals surface area (Å²) >= 11 is 0. The van der Waals surface area contributed by atoms with Gasteiger partial charge in [0, 0.05) is 32.7 Å². The van der Waals surface area contributed by atoms with Gasteiger partial charge in [-0.05, 0) is 36.4 Å². The van der Waals surface area contributed by atoms with E-state index in [0.717, 1.165) is 17.0 Å². The minimum Gasteiger partial charge on any atom is -0.268 e. The summed E-state index contributed by atoms with van der Waals surface area (Å²) in [6.07, 6.45) is -11.0. The summed E-state index contributed by atoms with van der Waals surface area (Å²) in [5.74, 6) is -1.51. The summed E-state index contributed by atoms with van der Waals surface area (Å²) in [6, 6.07) is 12.5. The Bertz CT molecular complexity index is 1800. The lowest BCUT2D eigenvalue weighted by molar-refractivity contribution is -0.166. The summed E-state index contributed by atoms with van der Waals surface area (Å²) in [5.41, 5.74) is -6.57. The van der Waals surface area contributed by atoms with Crippen LogP contribution in [-0.4, -0.2) is 21.2 Å². The van der Waals surface area contributed by atoms with Gasteiger partial charge in [0.25, 0.3) is 17.4 Å². The van der Waals surface area contributed by atoms with E-state index in [1.165, 1.54) is 24.3 Å². The zero-order chi connectivity index (χ0) is 25.7. The smallest absolute Gasteiger partial charge is 0.268 e. The first-order valence-electron chi connectivity index (χ1n) is 10.3. The number of halogens is 6. The lowest BCUT2D eigenvalue weighted by atomic mass is 9.90. The van der Waals surface area contributed by atoms with Crippen LogP contribution in [0, 0.1) is 0 Å². The van der Waals surface area contributed by atoms with Crippen molar-refractivity contribution >= 4 is 44.7 Å². The van der Waals surface area contributed by atoms with Crippen molar-refractivity contribution in [2.45, 2.75) is 12.4 Å². The Morgan fingerprint density at radius 1 is 0.667 bits per heavy atom. The number of alkyl halides is 6. The summed E-state index contributed by atoms with van der Waals surface area (Å²) in [5, 5.41) is -0.760. The van der Waals surface area contributed by atoms with E-state index in [0.29, 0.717) is 0 Å². The third kappa shape index (κ3) is 2.75. The van der Waals surface area contributed by atoms with E-state index in [1.807, 2.05) is 0 Å². The van der Waals surface area contributed by atoms with Crippen LogP contribution in [0.15, 0.2) is 59.4 Å². The highest BCUT2D eigenvalue weighted by atomic mass is 19.4. The molecule has 6 nitrogen and oxygen atoms in total. The molecule has 2 amide bonds. The van der Waals surface area contributed by atoms with Crippen LogP contribution >= 0.6 is 0 Å². The number of amides is 2. The SMILES string of the molecule is O=C1c2ccc3c(=O)n4c(C(F)(F)F)c(C(F)(F)F)nc4c4ccc(c2c34)C(=O)N1c1ccccc1. The minimum absolute atomic E-state index is 0.0306. The fraction of sp³-hybridized carbons (Fsp3) is 0.0833. The van der Waals surface area contributed by atoms with Crippen molar-refractivity contribution in [2.24, 2.45) is 0 Å². The largest absolute Gasteiger partial charge is 0.435 e. The van der Waals surface area contributed by atoms with Crippen LogP contribution in [0.4, 0.5) is 32.0 Å². The molecule has 3 aromatic carbocycles. The number of rotatable bonds is 1. The van der Waals surface area contributed by atoms with E-state index in [1.54, 1.807) is 18.2 Å². The first-order valence-corrected chi connectivity index (χ1v) is 10.3. The van der Waals surface area contributed by atoms with Crippen molar-refractivity contribution in [1.29, 1.82) is 0 Å². The Balaban J connectivity index is 1.76. The first kappa shape index (κ1) is 22.0. The average molecular weight is 501 g/mol. The number of hydrogen-bond donors (Lipinski definition) is 0. The number of imidazole rings is 1. The molecular weight excluding hydrogens is 492 g/mol. The number of hydrogen-bond acceptors (Lipinski definition) is 4. The highest BCUT2D eigenvalue weighted by Crippen LogP contribution is 2.43. The van der Waals surface area contributed by atoms with Gasteiger partial charge >= 0.3 is 12.4 Å². The zero-order valence-electron chi connectivity index (χ0n) is 17.5. The highest BCUT2D eigenvalue weighted by Gasteiger charge is 2.49. The standard InChI is InChI=1S/C24H9F6N3O3/c25-23(26,27)17-18(24(28,29)30)33-19(31-17)11-6-7-13-16-14(9-8-12(15(11)16)22(33)36)21(35)32(20(13)34)10-4-2-1-3-5-10/h1-9H. The second-order valence-electron chi connectivity index (χ2n) is 8.12. The number of carbonyl (C=O) groups is 2. The Kier molecular flexibility index (Phi) is 4.16. The molecule has 0 fully saturated rings. The van der Waals surface area contributed by atoms with Crippen LogP contribution in [0.25, 0.3) is 27.2 Å². The van der Waals surface area contributed by atoms with E-state index in [9.17, 15) is 40.7 Å². The normalized spacial score (nSPS) is 14.6. The molecule has 0 N–H and O–H groups in total. The van der Waals surface area contributed by atoms with Crippen LogP contribution in [0.3, 0.4) is 0 Å². The highest BCUT2D eigenvalue weighted by molar-refractivity contribution is 6.38. The van der Waals surface area contributed by atoms with E-state index in [-0.39, 0.29) is 42.8 Å². The Morgan fingerprint density at radius 2 is 1.25 bits per heavy atom. The number of nitrogens with zero attached hydrogens (tertiary/aromatic N) is 3. The van der Waals surface area contributed by atoms with E-state index < -0.39 is 46.8 Å². The first-order chi connectivity index (χ1) is 16.9. The second kappa shape index (κ2) is 6.80. The van der Waals surface area contributed by atoms with Gasteiger partial charge in [-0.15, -0.1) is 0 Å². The quantitative estimate of drug-likeness (QED) is 0.232. The van der Waals surface area contributed by atoms with Gasteiger partial charge in [-0.25, -0.2) is 9.88 Å². The van der Waals surface area contributed by atoms with Crippen molar-refractivity contribution in [1.82, 2.24) is 9.38 Å². The molecular formula is C24H9F6N3O3. The summed E-state index contributed by atoms with van der Waals surface area (Å²) in [6.45, 7) is 0. The van der Waals surface area contributed by atoms with Gasteiger partial charge in [-0.3, -0.25) is 18.8 Å². The topological polar surface area (TPSA) is 71.7 Å². The minimum atomic E-state index is -5.55. The molecule has 1 aliphatic rings. The monoisotopic (exact) mass is 501 g/mol. The van der Waals surface area contributed by atoms with E-state index in [4.69, 9.17) is 0 Å². The van der Waals surface area contributed by atoms with Crippen molar-refractivity contribution in [3.63, 3.8) is 0 Å². The molecule has 2 aromatic heterocycles. The molecule has 0 unspecified atom stereocenters. The fourth-order valence-corrected chi connectivity index (χ4v) is 4.74. The van der Waals surface area contributed by atoms with Crippen LogP contribution in [0.1, 0.15) is 32.1 Å². The lowest BCUT2D eigenvalue weighted by Gasteiger charge is -2.27. The molecule has 180 valence electrons. The maximum atomic E-state index is 13.7. The number of para-hydroxylation sites is 1. The molecule has 3 heterocycles. The Hall–Kier alpha value is -4.48. The number of benzene rings is 3. The van der Waals surface area contributed by atoms with Crippen LogP contribution < -0.4 is 10.5 Å². The third-order valence-electron chi connectivity index (χ3n) is 6.13. The van der Waals surface area contributed by atoms with E-state index in [2.05, 4.69) is 4.98 Å². The number of pyridine rings is 1. The van der Waals surface area contributed by atoms with Gasteiger partial charge in [-0.1, -0.05) is 18.2 Å². The predicted octanol–water partition coefficient (Wildman–Crippen LogP) is 5.28. The number of carbonyl (C=O) groups excluding carboxylic acids is 2. The fourth-order valence-electron chi connectivity index (χ4n) is 4.74. The van der Waals surface area contributed by atoms with Gasteiger partial charge in [0.2, 0.25) is 0 Å². The molecule has 0 bridgehead atoms. The molecule has 0 atom stereocenters. The summed E-state index contributed by atoms with van der Waals surface area (Å²) < 4.78 is 81.7. The molecule has 0 saturated heterocycles. The summed E-state index contributed by atoms with van der Waals surface area (Å²) in [7, 11) is 0. The predicted molar refractivity (Wildman–Crippen MR) is 115 cm³/mol. The molecule has 0 saturated carbocycles. The number of aromatic nitrogens is 2. The third-order valence-corrected chi connectivity index (χ3v) is 6.13. The summed E-state index contributed by atoms with van der Waals surface area (Å²) in [4.78, 5) is 43.8. The van der Waals surface area contributed by atoms with E-state index >= 15 is 0 Å². The Morgan fingerprint density at radius 3 is 1.81 bits per heavy atom. The molecule has 0 aliphatic carbocycles. The van der Waals surface area contributed by atoms with Crippen molar-refractivity contribution in [3.8, 4) is 0 Å². The van der Waals surface area contributed by atoms with Crippen molar-refractivity contribution in [2.75, 3.05) is 4.90 Å². The molecule has 0 spiro atoms. The zero-order valence-corrected chi connectivity index (χ0v) is 17.5. The maximum absolute atomic E-state index is 13.7. The molecule has 0 radical (unpaired) electrons. The Labute approximate surface area is 195 Å². The molecule has 12 heteroatoms. The van der Waals surface area contributed by atoms with Crippen molar-refractivity contribution in [3.05, 3.63) is 87.5 Å². The molecule has 6 rings (SSSR count). The maximum Gasteiger partial charge on any atom is 0.435 e. The van der Waals surface area contributed by atoms with Gasteiger partial charge in [0.15, 0.2) is 11.4 Å². The number of fused-ring (bicyclic) bond motifs is 2. The molecule has 5 aromatic rings. The number of imide groups is 1. The van der Waals surface area contributed by atoms with Gasteiger partial charge in [0.1, 0.15) is 5.65 Å². The van der Waals surface area contributed by atoms with Crippen LogP contribution in [-0.2, 0) is 12.4 Å². The average Bonchev–Trinajstić information content (AvgIpc) is 3.24. The van der Waals surface area contributed by atoms with Crippen LogP contribution in [0.2, 0.25) is 0 Å². The lowest BCUT2D eigenvalue weighted by Crippen LogP contribution is -2.40. The molecule has 1 aliphatic heterocycles. The molecule has 36 heavy (non-hydrogen) atoms. The van der Waals surface area contributed by atoms with Crippen molar-refractivity contribution < 1.29 is 35.9 Å². The van der Waals surface area contributed by atoms with Gasteiger partial charge < -0.3 is 0 Å².